The molecule has 144 valence electrons. The molecule has 0 amide bonds. The first-order valence-corrected chi connectivity index (χ1v) is 10.3. The summed E-state index contributed by atoms with van der Waals surface area (Å²) < 4.78 is 0. The molecule has 4 aromatic rings. The molecular weight excluding hydrogens is 407 g/mol. The molecule has 0 N–H and O–H groups in total. The van der Waals surface area contributed by atoms with Crippen LogP contribution in [0.5, 0.6) is 0 Å². The molecule has 0 fully saturated rings. The first kappa shape index (κ1) is 20.0. The van der Waals surface area contributed by atoms with Crippen molar-refractivity contribution in [1.29, 1.82) is 0 Å². The van der Waals surface area contributed by atoms with Crippen LogP contribution in [0.1, 0.15) is 22.3 Å². The second-order valence-corrected chi connectivity index (χ2v) is 7.62. The molecule has 0 aliphatic heterocycles. The molecule has 0 unspecified atom stereocenters. The Labute approximate surface area is 187 Å². The lowest BCUT2D eigenvalue weighted by molar-refractivity contribution is 1.54. The summed E-state index contributed by atoms with van der Waals surface area (Å²) in [5.41, 5.74) is 13.0. The van der Waals surface area contributed by atoms with Crippen molar-refractivity contribution in [1.82, 2.24) is 0 Å². The van der Waals surface area contributed by atoms with E-state index in [2.05, 4.69) is 35.7 Å². The second-order valence-electron chi connectivity index (χ2n) is 6.75. The van der Waals surface area contributed by atoms with Gasteiger partial charge in [0, 0.05) is 21.2 Å². The largest absolute Gasteiger partial charge is 0.0843 e. The zero-order valence-electron chi connectivity index (χ0n) is 16.1. The molecule has 0 bridgehead atoms. The van der Waals surface area contributed by atoms with Crippen molar-refractivity contribution in [3.05, 3.63) is 153 Å². The van der Waals surface area contributed by atoms with E-state index in [4.69, 9.17) is 23.2 Å². The van der Waals surface area contributed by atoms with Crippen LogP contribution in [0, 0.1) is 0 Å². The standard InChI is InChI=1S/C28H18Cl2/c29-25-15-11-23(12-16-25)27(21-7-3-1-4-8-21)19-20-28(22-9-5-2-6-10-22)24-13-17-26(30)18-14-24/h1-18H. The SMILES string of the molecule is Clc1ccc(C(=C=C=C(c2ccccc2)c2ccc(Cl)cc2)c2ccccc2)cc1. The van der Waals surface area contributed by atoms with Crippen molar-refractivity contribution in [3.8, 4) is 0 Å². The molecule has 0 radical (unpaired) electrons. The van der Waals surface area contributed by atoms with Gasteiger partial charge in [0.25, 0.3) is 0 Å². The Balaban J connectivity index is 2.00. The molecule has 0 saturated heterocycles. The molecule has 0 aliphatic rings. The van der Waals surface area contributed by atoms with Crippen LogP contribution in [0.3, 0.4) is 0 Å². The highest BCUT2D eigenvalue weighted by Crippen LogP contribution is 2.26. The quantitative estimate of drug-likeness (QED) is 0.289. The average Bonchev–Trinajstić information content (AvgIpc) is 2.80. The summed E-state index contributed by atoms with van der Waals surface area (Å²) in [4.78, 5) is 0. The van der Waals surface area contributed by atoms with Crippen molar-refractivity contribution >= 4 is 34.3 Å². The number of benzene rings is 4. The summed E-state index contributed by atoms with van der Waals surface area (Å²) in [6.45, 7) is 0. The zero-order valence-corrected chi connectivity index (χ0v) is 17.7. The second kappa shape index (κ2) is 9.51. The Kier molecular flexibility index (Phi) is 6.35. The van der Waals surface area contributed by atoms with E-state index in [1.807, 2.05) is 84.9 Å². The van der Waals surface area contributed by atoms with Crippen molar-refractivity contribution in [2.75, 3.05) is 0 Å². The van der Waals surface area contributed by atoms with Crippen molar-refractivity contribution in [2.45, 2.75) is 0 Å². The Morgan fingerprint density at radius 2 is 0.700 bits per heavy atom. The highest BCUT2D eigenvalue weighted by atomic mass is 35.5. The van der Waals surface area contributed by atoms with E-state index in [0.717, 1.165) is 33.4 Å². The van der Waals surface area contributed by atoms with Crippen LogP contribution in [0.15, 0.2) is 121 Å². The monoisotopic (exact) mass is 424 g/mol. The van der Waals surface area contributed by atoms with Gasteiger partial charge in [-0.15, -0.1) is 0 Å². The first-order chi connectivity index (χ1) is 14.7. The van der Waals surface area contributed by atoms with E-state index in [9.17, 15) is 0 Å². The summed E-state index contributed by atoms with van der Waals surface area (Å²) >= 11 is 12.2. The van der Waals surface area contributed by atoms with E-state index in [-0.39, 0.29) is 0 Å². The van der Waals surface area contributed by atoms with E-state index in [1.54, 1.807) is 0 Å². The molecule has 0 aliphatic carbocycles. The van der Waals surface area contributed by atoms with Crippen molar-refractivity contribution in [2.24, 2.45) is 0 Å². The molecule has 2 heteroatoms. The minimum atomic E-state index is 0.705. The van der Waals surface area contributed by atoms with Crippen molar-refractivity contribution < 1.29 is 0 Å². The molecule has 4 rings (SSSR count). The minimum Gasteiger partial charge on any atom is -0.0843 e. The van der Waals surface area contributed by atoms with Crippen LogP contribution < -0.4 is 0 Å². The van der Waals surface area contributed by atoms with Crippen LogP contribution in [0.2, 0.25) is 10.0 Å². The van der Waals surface area contributed by atoms with E-state index in [0.29, 0.717) is 10.0 Å². The van der Waals surface area contributed by atoms with Gasteiger partial charge in [0.2, 0.25) is 0 Å². The smallest absolute Gasteiger partial charge is 0.0406 e. The molecule has 0 aromatic heterocycles. The molecular formula is C28H18Cl2. The van der Waals surface area contributed by atoms with E-state index >= 15 is 0 Å². The Morgan fingerprint density at radius 3 is 1.03 bits per heavy atom. The Hall–Kier alpha value is -3.24. The van der Waals surface area contributed by atoms with Gasteiger partial charge in [-0.05, 0) is 46.5 Å². The third kappa shape index (κ3) is 4.84. The van der Waals surface area contributed by atoms with Crippen molar-refractivity contribution in [3.63, 3.8) is 0 Å². The predicted molar refractivity (Wildman–Crippen MR) is 128 cm³/mol. The normalized spacial score (nSPS) is 10.1. The van der Waals surface area contributed by atoms with Gasteiger partial charge in [-0.1, -0.05) is 120 Å². The van der Waals surface area contributed by atoms with Gasteiger partial charge in [-0.2, -0.15) is 0 Å². The van der Waals surface area contributed by atoms with Crippen LogP contribution in [-0.2, 0) is 0 Å². The Bertz CT molecular complexity index is 1120. The lowest BCUT2D eigenvalue weighted by atomic mass is 9.97. The van der Waals surface area contributed by atoms with E-state index < -0.39 is 0 Å². The molecule has 0 saturated carbocycles. The number of hydrogen-bond donors (Lipinski definition) is 0. The number of hydrogen-bond acceptors (Lipinski definition) is 0. The first-order valence-electron chi connectivity index (χ1n) is 9.59. The molecule has 0 heterocycles. The minimum absolute atomic E-state index is 0.705. The van der Waals surface area contributed by atoms with Crippen LogP contribution in [-0.4, -0.2) is 0 Å². The van der Waals surface area contributed by atoms with Gasteiger partial charge in [0.15, 0.2) is 0 Å². The van der Waals surface area contributed by atoms with Crippen LogP contribution >= 0.6 is 23.2 Å². The van der Waals surface area contributed by atoms with Gasteiger partial charge in [-0.3, -0.25) is 0 Å². The maximum Gasteiger partial charge on any atom is 0.0406 e. The topological polar surface area (TPSA) is 0 Å². The highest BCUT2D eigenvalue weighted by Gasteiger charge is 2.06. The zero-order chi connectivity index (χ0) is 20.8. The maximum atomic E-state index is 6.10. The molecule has 0 nitrogen and oxygen atoms in total. The van der Waals surface area contributed by atoms with Crippen LogP contribution in [0.25, 0.3) is 11.1 Å². The van der Waals surface area contributed by atoms with Gasteiger partial charge < -0.3 is 0 Å². The maximum absolute atomic E-state index is 6.10. The molecule has 0 spiro atoms. The molecule has 30 heavy (non-hydrogen) atoms. The predicted octanol–water partition coefficient (Wildman–Crippen LogP) is 8.31. The highest BCUT2D eigenvalue weighted by molar-refractivity contribution is 6.30. The fourth-order valence-electron chi connectivity index (χ4n) is 3.19. The lowest BCUT2D eigenvalue weighted by Crippen LogP contribution is -1.87. The summed E-state index contributed by atoms with van der Waals surface area (Å²) in [5.74, 6) is 0. The summed E-state index contributed by atoms with van der Waals surface area (Å²) in [7, 11) is 0. The van der Waals surface area contributed by atoms with Gasteiger partial charge in [0.05, 0.1) is 0 Å². The van der Waals surface area contributed by atoms with Crippen LogP contribution in [0.4, 0.5) is 0 Å². The lowest BCUT2D eigenvalue weighted by Gasteiger charge is -2.07. The molecule has 0 atom stereocenters. The number of rotatable bonds is 4. The molecule has 4 aromatic carbocycles. The average molecular weight is 425 g/mol. The Morgan fingerprint density at radius 1 is 0.400 bits per heavy atom. The fourth-order valence-corrected chi connectivity index (χ4v) is 3.44. The summed E-state index contributed by atoms with van der Waals surface area (Å²) in [6.07, 6.45) is 0. The fraction of sp³-hybridized carbons (Fsp3) is 0. The van der Waals surface area contributed by atoms with Gasteiger partial charge in [0.1, 0.15) is 0 Å². The third-order valence-corrected chi connectivity index (χ3v) is 5.21. The van der Waals surface area contributed by atoms with Gasteiger partial charge in [-0.25, -0.2) is 0 Å². The van der Waals surface area contributed by atoms with Gasteiger partial charge >= 0.3 is 0 Å². The number of halogens is 2. The third-order valence-electron chi connectivity index (χ3n) is 4.70. The summed E-state index contributed by atoms with van der Waals surface area (Å²) in [5, 5.41) is 1.41. The van der Waals surface area contributed by atoms with E-state index in [1.165, 1.54) is 0 Å². The summed E-state index contributed by atoms with van der Waals surface area (Å²) in [6, 6.07) is 36.0.